The zero-order chi connectivity index (χ0) is 9.68. The fourth-order valence-corrected chi connectivity index (χ4v) is 1.56. The van der Waals surface area contributed by atoms with E-state index in [0.29, 0.717) is 23.5 Å². The van der Waals surface area contributed by atoms with Crippen LogP contribution in [0.1, 0.15) is 28.7 Å². The first-order valence-corrected chi connectivity index (χ1v) is 4.97. The molecule has 0 saturated carbocycles. The molecule has 0 radical (unpaired) electrons. The number of hydrogen-bond acceptors (Lipinski definition) is 4. The molecule has 0 fully saturated rings. The summed E-state index contributed by atoms with van der Waals surface area (Å²) < 4.78 is 4.80. The maximum Gasteiger partial charge on any atom is 0.214 e. The van der Waals surface area contributed by atoms with Crippen molar-refractivity contribution in [2.75, 3.05) is 5.75 Å². The monoisotopic (exact) mass is 195 g/mol. The fraction of sp³-hybridized carbons (Fsp3) is 0.333. The molecule has 4 heteroatoms. The molecule has 0 N–H and O–H groups in total. The lowest BCUT2D eigenvalue weighted by molar-refractivity contribution is 0.111. The zero-order valence-electron chi connectivity index (χ0n) is 7.24. The van der Waals surface area contributed by atoms with Crippen LogP contribution in [0.15, 0.2) is 4.52 Å². The van der Waals surface area contributed by atoms with Gasteiger partial charge in [0.1, 0.15) is 0 Å². The largest absolute Gasteiger partial charge is 0.347 e. The predicted octanol–water partition coefficient (Wildman–Crippen LogP) is 1.72. The number of aldehydes is 1. The molecule has 3 nitrogen and oxygen atoms in total. The second-order valence-electron chi connectivity index (χ2n) is 2.27. The molecular formula is C9H9NO2S. The highest BCUT2D eigenvalue weighted by Crippen LogP contribution is 2.18. The van der Waals surface area contributed by atoms with Gasteiger partial charge in [0.05, 0.1) is 0 Å². The molecule has 0 atom stereocenters. The number of terminal acetylenes is 1. The van der Waals surface area contributed by atoms with Crippen molar-refractivity contribution in [3.63, 3.8) is 0 Å². The number of aromatic nitrogens is 1. The van der Waals surface area contributed by atoms with Gasteiger partial charge in [0.15, 0.2) is 12.0 Å². The summed E-state index contributed by atoms with van der Waals surface area (Å²) in [4.78, 5) is 10.5. The molecule has 1 heterocycles. The highest BCUT2D eigenvalue weighted by Gasteiger charge is 2.12. The minimum Gasteiger partial charge on any atom is -0.347 e. The minimum atomic E-state index is 0.314. The van der Waals surface area contributed by atoms with Gasteiger partial charge >= 0.3 is 0 Å². The zero-order valence-corrected chi connectivity index (χ0v) is 8.06. The smallest absolute Gasteiger partial charge is 0.214 e. The Morgan fingerprint density at radius 1 is 1.77 bits per heavy atom. The molecule has 0 amide bonds. The van der Waals surface area contributed by atoms with Gasteiger partial charge in [0, 0.05) is 11.3 Å². The molecular weight excluding hydrogens is 186 g/mol. The molecule has 0 aromatic carbocycles. The van der Waals surface area contributed by atoms with Crippen molar-refractivity contribution in [1.29, 1.82) is 0 Å². The Hall–Kier alpha value is -1.21. The molecule has 68 valence electrons. The van der Waals surface area contributed by atoms with Crippen molar-refractivity contribution in [2.45, 2.75) is 12.7 Å². The number of carbonyl (C=O) groups excluding carboxylic acids is 1. The van der Waals surface area contributed by atoms with Gasteiger partial charge < -0.3 is 4.52 Å². The van der Waals surface area contributed by atoms with Gasteiger partial charge in [0.2, 0.25) is 5.76 Å². The number of thioether (sulfide) groups is 1. The van der Waals surface area contributed by atoms with Crippen LogP contribution in [0.2, 0.25) is 0 Å². The van der Waals surface area contributed by atoms with Crippen LogP contribution >= 0.6 is 11.8 Å². The molecule has 0 aliphatic heterocycles. The van der Waals surface area contributed by atoms with E-state index in [4.69, 9.17) is 10.9 Å². The van der Waals surface area contributed by atoms with E-state index >= 15 is 0 Å². The molecule has 0 aliphatic rings. The van der Waals surface area contributed by atoms with Gasteiger partial charge in [-0.25, -0.2) is 0 Å². The van der Waals surface area contributed by atoms with Crippen molar-refractivity contribution < 1.29 is 9.32 Å². The highest BCUT2D eigenvalue weighted by atomic mass is 32.2. The lowest BCUT2D eigenvalue weighted by Crippen LogP contribution is -1.89. The van der Waals surface area contributed by atoms with Crippen LogP contribution in [-0.4, -0.2) is 17.2 Å². The van der Waals surface area contributed by atoms with Crippen molar-refractivity contribution in [1.82, 2.24) is 5.16 Å². The lowest BCUT2D eigenvalue weighted by atomic mass is 10.2. The first kappa shape index (κ1) is 9.87. The Morgan fingerprint density at radius 3 is 3.08 bits per heavy atom. The van der Waals surface area contributed by atoms with Gasteiger partial charge in [-0.05, 0) is 11.7 Å². The maximum absolute atomic E-state index is 10.5. The Labute approximate surface area is 80.9 Å². The van der Waals surface area contributed by atoms with Gasteiger partial charge in [-0.15, -0.1) is 6.42 Å². The van der Waals surface area contributed by atoms with Crippen LogP contribution in [0, 0.1) is 12.3 Å². The second-order valence-corrected chi connectivity index (χ2v) is 3.55. The maximum atomic E-state index is 10.5. The third-order valence-corrected chi connectivity index (χ3v) is 2.41. The van der Waals surface area contributed by atoms with E-state index in [9.17, 15) is 4.79 Å². The van der Waals surface area contributed by atoms with E-state index in [-0.39, 0.29) is 0 Å². The van der Waals surface area contributed by atoms with Crippen molar-refractivity contribution in [2.24, 2.45) is 0 Å². The van der Waals surface area contributed by atoms with Crippen molar-refractivity contribution >= 4 is 18.0 Å². The molecule has 1 aromatic heterocycles. The highest BCUT2D eigenvalue weighted by molar-refractivity contribution is 7.98. The normalized spacial score (nSPS) is 9.54. The molecule has 0 unspecified atom stereocenters. The van der Waals surface area contributed by atoms with E-state index in [1.807, 2.05) is 6.92 Å². The summed E-state index contributed by atoms with van der Waals surface area (Å²) in [7, 11) is 0. The number of nitrogens with zero attached hydrogens (tertiary/aromatic N) is 1. The average Bonchev–Trinajstić information content (AvgIpc) is 2.56. The quantitative estimate of drug-likeness (QED) is 0.542. The van der Waals surface area contributed by atoms with E-state index in [2.05, 4.69) is 11.1 Å². The number of hydrogen-bond donors (Lipinski definition) is 0. The SMILES string of the molecule is C#Cc1onc(C=O)c1CSCC. The number of carbonyl (C=O) groups is 1. The Kier molecular flexibility index (Phi) is 3.59. The average molecular weight is 195 g/mol. The van der Waals surface area contributed by atoms with E-state index in [1.54, 1.807) is 11.8 Å². The predicted molar refractivity (Wildman–Crippen MR) is 51.7 cm³/mol. The van der Waals surface area contributed by atoms with Gasteiger partial charge in [0.25, 0.3) is 0 Å². The van der Waals surface area contributed by atoms with Crippen LogP contribution in [-0.2, 0) is 5.75 Å². The van der Waals surface area contributed by atoms with Crippen LogP contribution < -0.4 is 0 Å². The third-order valence-electron chi connectivity index (χ3n) is 1.51. The lowest BCUT2D eigenvalue weighted by Gasteiger charge is -1.94. The van der Waals surface area contributed by atoms with E-state index in [0.717, 1.165) is 11.3 Å². The van der Waals surface area contributed by atoms with Crippen LogP contribution in [0.3, 0.4) is 0 Å². The van der Waals surface area contributed by atoms with Crippen LogP contribution in [0.5, 0.6) is 0 Å². The second kappa shape index (κ2) is 4.73. The van der Waals surface area contributed by atoms with Crippen LogP contribution in [0.4, 0.5) is 0 Å². The van der Waals surface area contributed by atoms with Crippen molar-refractivity contribution in [3.05, 3.63) is 17.0 Å². The summed E-state index contributed by atoms with van der Waals surface area (Å²) >= 11 is 1.67. The molecule has 1 rings (SSSR count). The standard InChI is InChI=1S/C9H9NO2S/c1-3-9-7(6-13-4-2)8(5-11)10-12-9/h1,5H,4,6H2,2H3. The first-order valence-electron chi connectivity index (χ1n) is 3.81. The summed E-state index contributed by atoms with van der Waals surface area (Å²) in [5.74, 6) is 4.36. The molecule has 0 saturated heterocycles. The van der Waals surface area contributed by atoms with Gasteiger partial charge in [-0.2, -0.15) is 11.8 Å². The fourth-order valence-electron chi connectivity index (χ4n) is 0.871. The van der Waals surface area contributed by atoms with E-state index < -0.39 is 0 Å². The number of rotatable bonds is 4. The summed E-state index contributed by atoms with van der Waals surface area (Å²) in [6, 6.07) is 0. The Balaban J connectivity index is 2.93. The summed E-state index contributed by atoms with van der Waals surface area (Å²) in [5, 5.41) is 3.56. The first-order chi connectivity index (χ1) is 6.33. The minimum absolute atomic E-state index is 0.314. The molecule has 0 spiro atoms. The topological polar surface area (TPSA) is 43.1 Å². The van der Waals surface area contributed by atoms with Crippen molar-refractivity contribution in [3.8, 4) is 12.3 Å². The molecule has 1 aromatic rings. The summed E-state index contributed by atoms with van der Waals surface area (Å²) in [6.45, 7) is 2.04. The van der Waals surface area contributed by atoms with Crippen LogP contribution in [0.25, 0.3) is 0 Å². The van der Waals surface area contributed by atoms with Gasteiger partial charge in [-0.3, -0.25) is 4.79 Å². The van der Waals surface area contributed by atoms with E-state index in [1.165, 1.54) is 0 Å². The van der Waals surface area contributed by atoms with Gasteiger partial charge in [-0.1, -0.05) is 12.1 Å². The third kappa shape index (κ3) is 2.13. The Morgan fingerprint density at radius 2 is 2.54 bits per heavy atom. The molecule has 13 heavy (non-hydrogen) atoms. The molecule has 0 bridgehead atoms. The summed E-state index contributed by atoms with van der Waals surface area (Å²) in [6.07, 6.45) is 5.84. The molecule has 0 aliphatic carbocycles. The summed E-state index contributed by atoms with van der Waals surface area (Å²) in [5.41, 5.74) is 1.04. The Bertz CT molecular complexity index is 338.